The summed E-state index contributed by atoms with van der Waals surface area (Å²) >= 11 is 0. The fourth-order valence-electron chi connectivity index (χ4n) is 1.41. The summed E-state index contributed by atoms with van der Waals surface area (Å²) in [6.45, 7) is 0.803. The lowest BCUT2D eigenvalue weighted by molar-refractivity contribution is 0.338. The van der Waals surface area contributed by atoms with Crippen molar-refractivity contribution in [3.63, 3.8) is 0 Å². The largest absolute Gasteiger partial charge is 0.291 e. The Hall–Kier alpha value is -1.54. The molecule has 0 aliphatic heterocycles. The Morgan fingerprint density at radius 3 is 1.94 bits per heavy atom. The van der Waals surface area contributed by atoms with Gasteiger partial charge in [0, 0.05) is 17.7 Å². The van der Waals surface area contributed by atoms with Crippen LogP contribution in [0.15, 0.2) is 0 Å². The van der Waals surface area contributed by atoms with Crippen LogP contribution in [-0.2, 0) is 6.54 Å². The molecule has 0 spiro atoms. The summed E-state index contributed by atoms with van der Waals surface area (Å²) in [5.74, 6) is -3.21. The highest BCUT2D eigenvalue weighted by Gasteiger charge is 2.23. The van der Waals surface area contributed by atoms with Crippen LogP contribution in [0.2, 0.25) is 0 Å². The molecule has 17 heavy (non-hydrogen) atoms. The fourth-order valence-corrected chi connectivity index (χ4v) is 1.41. The first-order chi connectivity index (χ1) is 7.90. The molecular formula is C12H11F4N. The minimum atomic E-state index is -1.37. The Balaban J connectivity index is 3.21. The van der Waals surface area contributed by atoms with Crippen molar-refractivity contribution in [2.45, 2.75) is 13.5 Å². The van der Waals surface area contributed by atoms with E-state index in [1.54, 1.807) is 0 Å². The Kier molecular flexibility index (Phi) is 4.13. The normalized spacial score (nSPS) is 10.7. The number of halogens is 4. The molecule has 0 amide bonds. The lowest BCUT2D eigenvalue weighted by Crippen LogP contribution is -2.21. The summed E-state index contributed by atoms with van der Waals surface area (Å²) in [6.07, 6.45) is 5.02. The average Bonchev–Trinajstić information content (AvgIpc) is 2.30. The molecule has 0 saturated carbocycles. The molecule has 1 nitrogen and oxygen atoms in total. The molecule has 0 N–H and O–H groups in total. The molecule has 0 aliphatic rings. The molecule has 0 heterocycles. The molecule has 0 fully saturated rings. The van der Waals surface area contributed by atoms with Crippen molar-refractivity contribution in [2.75, 3.05) is 13.6 Å². The average molecular weight is 245 g/mol. The summed E-state index contributed by atoms with van der Waals surface area (Å²) in [6, 6.07) is 0. The van der Waals surface area contributed by atoms with Crippen LogP contribution in [0, 0.1) is 42.5 Å². The quantitative estimate of drug-likeness (QED) is 0.449. The zero-order chi connectivity index (χ0) is 13.2. The third-order valence-corrected chi connectivity index (χ3v) is 2.36. The maximum Gasteiger partial charge on any atom is 0.166 e. The van der Waals surface area contributed by atoms with Crippen LogP contribution in [0.3, 0.4) is 0 Å². The predicted octanol–water partition coefficient (Wildman–Crippen LogP) is 2.62. The zero-order valence-electron chi connectivity index (χ0n) is 9.45. The van der Waals surface area contributed by atoms with E-state index in [4.69, 9.17) is 6.42 Å². The molecule has 1 rings (SSSR count). The number of rotatable bonds is 3. The predicted molar refractivity (Wildman–Crippen MR) is 56.2 cm³/mol. The van der Waals surface area contributed by atoms with Crippen LogP contribution >= 0.6 is 0 Å². The van der Waals surface area contributed by atoms with E-state index in [1.165, 1.54) is 11.9 Å². The van der Waals surface area contributed by atoms with Crippen molar-refractivity contribution in [3.8, 4) is 12.3 Å². The van der Waals surface area contributed by atoms with Gasteiger partial charge in [0.25, 0.3) is 0 Å². The molecule has 0 radical (unpaired) electrons. The number of hydrogen-bond donors (Lipinski definition) is 0. The smallest absolute Gasteiger partial charge is 0.166 e. The monoisotopic (exact) mass is 245 g/mol. The van der Waals surface area contributed by atoms with Crippen molar-refractivity contribution >= 4 is 0 Å². The lowest BCUT2D eigenvalue weighted by Gasteiger charge is -2.16. The van der Waals surface area contributed by atoms with Gasteiger partial charge in [-0.3, -0.25) is 4.90 Å². The standard InChI is InChI=1S/C12H11F4N/c1-4-5-17(3)6-8-11(15)9(13)7(2)10(14)12(8)16/h1H,5-6H2,2-3H3. The highest BCUT2D eigenvalue weighted by molar-refractivity contribution is 5.29. The number of terminal acetylenes is 1. The second-order valence-electron chi connectivity index (χ2n) is 3.74. The topological polar surface area (TPSA) is 3.24 Å². The van der Waals surface area contributed by atoms with Crippen LogP contribution in [-0.4, -0.2) is 18.5 Å². The SMILES string of the molecule is C#CCN(C)Cc1c(F)c(F)c(C)c(F)c1F. The summed E-state index contributed by atoms with van der Waals surface area (Å²) in [5, 5.41) is 0. The fraction of sp³-hybridized carbons (Fsp3) is 0.333. The van der Waals surface area contributed by atoms with E-state index in [0.717, 1.165) is 6.92 Å². The van der Waals surface area contributed by atoms with Gasteiger partial charge in [0.15, 0.2) is 23.3 Å². The second kappa shape index (κ2) is 5.19. The van der Waals surface area contributed by atoms with E-state index < -0.39 is 34.4 Å². The van der Waals surface area contributed by atoms with Crippen LogP contribution in [0.5, 0.6) is 0 Å². The molecule has 0 unspecified atom stereocenters. The van der Waals surface area contributed by atoms with Gasteiger partial charge < -0.3 is 0 Å². The van der Waals surface area contributed by atoms with Gasteiger partial charge in [-0.25, -0.2) is 17.6 Å². The van der Waals surface area contributed by atoms with E-state index in [2.05, 4.69) is 5.92 Å². The molecule has 1 aromatic carbocycles. The second-order valence-corrected chi connectivity index (χ2v) is 3.74. The number of benzene rings is 1. The molecule has 5 heteroatoms. The number of nitrogens with zero attached hydrogens (tertiary/aromatic N) is 1. The molecule has 1 aromatic rings. The van der Waals surface area contributed by atoms with E-state index in [9.17, 15) is 17.6 Å². The van der Waals surface area contributed by atoms with Gasteiger partial charge in [-0.2, -0.15) is 0 Å². The Labute approximate surface area is 97.0 Å². The van der Waals surface area contributed by atoms with Gasteiger partial charge in [-0.15, -0.1) is 6.42 Å². The zero-order valence-corrected chi connectivity index (χ0v) is 9.45. The van der Waals surface area contributed by atoms with E-state index in [1.807, 2.05) is 0 Å². The van der Waals surface area contributed by atoms with Gasteiger partial charge in [0.05, 0.1) is 6.54 Å². The summed E-state index contributed by atoms with van der Waals surface area (Å²) < 4.78 is 53.3. The van der Waals surface area contributed by atoms with Crippen LogP contribution in [0.4, 0.5) is 17.6 Å². The lowest BCUT2D eigenvalue weighted by atomic mass is 10.1. The first-order valence-electron chi connectivity index (χ1n) is 4.83. The van der Waals surface area contributed by atoms with Gasteiger partial charge >= 0.3 is 0 Å². The molecule has 92 valence electrons. The van der Waals surface area contributed by atoms with Gasteiger partial charge in [0.1, 0.15) is 0 Å². The molecular weight excluding hydrogens is 234 g/mol. The number of hydrogen-bond acceptors (Lipinski definition) is 1. The third kappa shape index (κ3) is 2.59. The van der Waals surface area contributed by atoms with Gasteiger partial charge in [-0.05, 0) is 14.0 Å². The maximum atomic E-state index is 13.4. The highest BCUT2D eigenvalue weighted by Crippen LogP contribution is 2.24. The van der Waals surface area contributed by atoms with Crippen molar-refractivity contribution < 1.29 is 17.6 Å². The minimum absolute atomic E-state index is 0.121. The molecule has 0 saturated heterocycles. The van der Waals surface area contributed by atoms with Crippen LogP contribution in [0.1, 0.15) is 11.1 Å². The third-order valence-electron chi connectivity index (χ3n) is 2.36. The summed E-state index contributed by atoms with van der Waals surface area (Å²) in [7, 11) is 1.49. The molecule has 0 atom stereocenters. The maximum absolute atomic E-state index is 13.4. The minimum Gasteiger partial charge on any atom is -0.291 e. The van der Waals surface area contributed by atoms with Gasteiger partial charge in [0.2, 0.25) is 0 Å². The van der Waals surface area contributed by atoms with Gasteiger partial charge in [-0.1, -0.05) is 5.92 Å². The van der Waals surface area contributed by atoms with Crippen LogP contribution in [0.25, 0.3) is 0 Å². The van der Waals surface area contributed by atoms with Crippen molar-refractivity contribution in [1.82, 2.24) is 4.90 Å². The van der Waals surface area contributed by atoms with Crippen LogP contribution < -0.4 is 0 Å². The first-order valence-corrected chi connectivity index (χ1v) is 4.83. The summed E-state index contributed by atoms with van der Waals surface area (Å²) in [5.41, 5.74) is -1.31. The van der Waals surface area contributed by atoms with Crippen molar-refractivity contribution in [3.05, 3.63) is 34.4 Å². The van der Waals surface area contributed by atoms with E-state index in [0.29, 0.717) is 0 Å². The molecule has 0 aliphatic carbocycles. The van der Waals surface area contributed by atoms with Crippen molar-refractivity contribution in [2.24, 2.45) is 0 Å². The van der Waals surface area contributed by atoms with E-state index in [-0.39, 0.29) is 13.1 Å². The Morgan fingerprint density at radius 1 is 1.06 bits per heavy atom. The van der Waals surface area contributed by atoms with E-state index >= 15 is 0 Å². The summed E-state index contributed by atoms with van der Waals surface area (Å²) in [4.78, 5) is 1.37. The first kappa shape index (κ1) is 13.5. The Morgan fingerprint density at radius 2 is 1.53 bits per heavy atom. The Bertz CT molecular complexity index is 447. The molecule has 0 bridgehead atoms. The molecule has 0 aromatic heterocycles. The van der Waals surface area contributed by atoms with Crippen molar-refractivity contribution in [1.29, 1.82) is 0 Å². The highest BCUT2D eigenvalue weighted by atomic mass is 19.2.